The zero-order valence-corrected chi connectivity index (χ0v) is 14.8. The lowest BCUT2D eigenvalue weighted by Crippen LogP contribution is -2.29. The first-order valence-electron chi connectivity index (χ1n) is 9.26. The van der Waals surface area contributed by atoms with Gasteiger partial charge < -0.3 is 10.1 Å². The zero-order chi connectivity index (χ0) is 16.6. The van der Waals surface area contributed by atoms with Crippen LogP contribution >= 0.6 is 0 Å². The molecule has 0 aliphatic carbocycles. The Morgan fingerprint density at radius 2 is 2.04 bits per heavy atom. The summed E-state index contributed by atoms with van der Waals surface area (Å²) in [6, 6.07) is 13.0. The van der Waals surface area contributed by atoms with Crippen LogP contribution in [0.2, 0.25) is 0 Å². The number of likely N-dealkylation sites (tertiary alicyclic amines) is 1. The predicted molar refractivity (Wildman–Crippen MR) is 99.5 cm³/mol. The molecule has 1 spiro atoms. The number of hydrogen-bond acceptors (Lipinski definition) is 3. The van der Waals surface area contributed by atoms with Gasteiger partial charge in [0, 0.05) is 25.2 Å². The highest BCUT2D eigenvalue weighted by atomic mass is 16.5. The number of benzene rings is 2. The van der Waals surface area contributed by atoms with Gasteiger partial charge in [-0.1, -0.05) is 30.3 Å². The van der Waals surface area contributed by atoms with Gasteiger partial charge in [-0.25, -0.2) is 0 Å². The van der Waals surface area contributed by atoms with Crippen LogP contribution in [-0.4, -0.2) is 37.2 Å². The highest BCUT2D eigenvalue weighted by Gasteiger charge is 2.40. The van der Waals surface area contributed by atoms with Crippen molar-refractivity contribution in [2.45, 2.75) is 39.3 Å². The molecule has 2 aromatic carbocycles. The van der Waals surface area contributed by atoms with Crippen molar-refractivity contribution < 1.29 is 4.74 Å². The van der Waals surface area contributed by atoms with Crippen LogP contribution in [0.25, 0.3) is 10.8 Å². The summed E-state index contributed by atoms with van der Waals surface area (Å²) in [4.78, 5) is 2.63. The lowest BCUT2D eigenvalue weighted by Gasteiger charge is -2.24. The monoisotopic (exact) mass is 324 g/mol. The Bertz CT molecular complexity index is 719. The van der Waals surface area contributed by atoms with Crippen LogP contribution in [0, 0.1) is 5.41 Å². The molecule has 2 saturated heterocycles. The van der Waals surface area contributed by atoms with Crippen LogP contribution < -0.4 is 10.1 Å². The summed E-state index contributed by atoms with van der Waals surface area (Å²) >= 11 is 0. The van der Waals surface area contributed by atoms with Crippen molar-refractivity contribution in [3.8, 4) is 5.75 Å². The van der Waals surface area contributed by atoms with Gasteiger partial charge >= 0.3 is 0 Å². The molecule has 3 nitrogen and oxygen atoms in total. The quantitative estimate of drug-likeness (QED) is 0.925. The maximum atomic E-state index is 6.14. The normalized spacial score (nSPS) is 24.5. The third kappa shape index (κ3) is 3.03. The van der Waals surface area contributed by atoms with Crippen molar-refractivity contribution in [3.05, 3.63) is 42.0 Å². The average Bonchev–Trinajstić information content (AvgIpc) is 3.19. The summed E-state index contributed by atoms with van der Waals surface area (Å²) in [6.07, 6.45) is 2.85. The molecule has 4 rings (SSSR count). The lowest BCUT2D eigenvalue weighted by molar-refractivity contribution is 0.230. The van der Waals surface area contributed by atoms with Crippen LogP contribution in [0.3, 0.4) is 0 Å². The smallest absolute Gasteiger partial charge is 0.124 e. The van der Waals surface area contributed by atoms with Gasteiger partial charge in [0.2, 0.25) is 0 Å². The number of rotatable bonds is 4. The van der Waals surface area contributed by atoms with Crippen molar-refractivity contribution in [1.29, 1.82) is 0 Å². The van der Waals surface area contributed by atoms with E-state index in [1.807, 2.05) is 0 Å². The molecular weight excluding hydrogens is 296 g/mol. The van der Waals surface area contributed by atoms with Gasteiger partial charge in [-0.05, 0) is 62.0 Å². The molecule has 1 atom stereocenters. The van der Waals surface area contributed by atoms with Gasteiger partial charge in [-0.2, -0.15) is 0 Å². The van der Waals surface area contributed by atoms with E-state index in [0.717, 1.165) is 12.3 Å². The molecular formula is C21H28N2O. The number of nitrogens with zero attached hydrogens (tertiary/aromatic N) is 1. The van der Waals surface area contributed by atoms with E-state index in [1.54, 1.807) is 0 Å². The Morgan fingerprint density at radius 1 is 1.17 bits per heavy atom. The van der Waals surface area contributed by atoms with Gasteiger partial charge in [-0.3, -0.25) is 4.90 Å². The molecule has 2 aliphatic heterocycles. The van der Waals surface area contributed by atoms with Crippen molar-refractivity contribution in [2.24, 2.45) is 5.41 Å². The molecule has 2 aliphatic rings. The Balaban J connectivity index is 1.64. The number of nitrogens with one attached hydrogen (secondary N) is 1. The molecule has 2 fully saturated rings. The molecule has 2 aromatic rings. The highest BCUT2D eigenvalue weighted by Crippen LogP contribution is 2.38. The first-order valence-corrected chi connectivity index (χ1v) is 9.26. The molecule has 0 radical (unpaired) electrons. The van der Waals surface area contributed by atoms with E-state index in [0.29, 0.717) is 5.41 Å². The molecule has 24 heavy (non-hydrogen) atoms. The van der Waals surface area contributed by atoms with Crippen LogP contribution in [0.5, 0.6) is 5.75 Å². The van der Waals surface area contributed by atoms with Crippen molar-refractivity contribution >= 4 is 10.8 Å². The maximum Gasteiger partial charge on any atom is 0.124 e. The van der Waals surface area contributed by atoms with E-state index in [1.165, 1.54) is 55.4 Å². The third-order valence-electron chi connectivity index (χ3n) is 5.59. The molecule has 1 N–H and O–H groups in total. The molecule has 0 amide bonds. The van der Waals surface area contributed by atoms with Gasteiger partial charge in [-0.15, -0.1) is 0 Å². The van der Waals surface area contributed by atoms with E-state index in [4.69, 9.17) is 4.74 Å². The molecule has 128 valence electrons. The Morgan fingerprint density at radius 3 is 2.83 bits per heavy atom. The maximum absolute atomic E-state index is 6.14. The topological polar surface area (TPSA) is 24.5 Å². The van der Waals surface area contributed by atoms with Gasteiger partial charge in [0.25, 0.3) is 0 Å². The number of ether oxygens (including phenoxy) is 1. The second-order valence-corrected chi connectivity index (χ2v) is 7.82. The van der Waals surface area contributed by atoms with Crippen LogP contribution in [0.4, 0.5) is 0 Å². The minimum absolute atomic E-state index is 0.203. The molecule has 1 unspecified atom stereocenters. The van der Waals surface area contributed by atoms with E-state index < -0.39 is 0 Å². The standard InChI is InChI=1S/C21H28N2O/c1-16(2)24-20-8-7-17-5-3-4-6-18(17)19(20)13-23-12-10-21(15-23)9-11-22-14-21/h3-8,16,22H,9-15H2,1-2H3. The Labute approximate surface area is 145 Å². The molecule has 0 bridgehead atoms. The third-order valence-corrected chi connectivity index (χ3v) is 5.59. The summed E-state index contributed by atoms with van der Waals surface area (Å²) in [5.74, 6) is 1.05. The molecule has 3 heteroatoms. The van der Waals surface area contributed by atoms with Crippen molar-refractivity contribution in [1.82, 2.24) is 10.2 Å². The fourth-order valence-electron chi connectivity index (χ4n) is 4.37. The summed E-state index contributed by atoms with van der Waals surface area (Å²) in [5, 5.41) is 6.20. The van der Waals surface area contributed by atoms with E-state index in [9.17, 15) is 0 Å². The molecule has 0 saturated carbocycles. The first kappa shape index (κ1) is 15.9. The van der Waals surface area contributed by atoms with Crippen molar-refractivity contribution in [2.75, 3.05) is 26.2 Å². The molecule has 0 aromatic heterocycles. The van der Waals surface area contributed by atoms with E-state index in [2.05, 4.69) is 60.5 Å². The fraction of sp³-hybridized carbons (Fsp3) is 0.524. The Hall–Kier alpha value is -1.58. The summed E-state index contributed by atoms with van der Waals surface area (Å²) in [5.41, 5.74) is 1.87. The minimum Gasteiger partial charge on any atom is -0.491 e. The lowest BCUT2D eigenvalue weighted by atomic mass is 9.86. The van der Waals surface area contributed by atoms with E-state index in [-0.39, 0.29) is 6.10 Å². The van der Waals surface area contributed by atoms with E-state index >= 15 is 0 Å². The van der Waals surface area contributed by atoms with Crippen molar-refractivity contribution in [3.63, 3.8) is 0 Å². The zero-order valence-electron chi connectivity index (χ0n) is 14.8. The number of hydrogen-bond donors (Lipinski definition) is 1. The summed E-state index contributed by atoms with van der Waals surface area (Å²) in [6.45, 7) is 9.99. The highest BCUT2D eigenvalue weighted by molar-refractivity contribution is 5.87. The first-order chi connectivity index (χ1) is 11.7. The van der Waals surface area contributed by atoms with Crippen LogP contribution in [0.15, 0.2) is 36.4 Å². The second kappa shape index (κ2) is 6.38. The minimum atomic E-state index is 0.203. The van der Waals surface area contributed by atoms with Gasteiger partial charge in [0.05, 0.1) is 6.10 Å². The van der Waals surface area contributed by atoms with Crippen LogP contribution in [0.1, 0.15) is 32.3 Å². The summed E-state index contributed by atoms with van der Waals surface area (Å²) in [7, 11) is 0. The number of fused-ring (bicyclic) bond motifs is 1. The van der Waals surface area contributed by atoms with Gasteiger partial charge in [0.1, 0.15) is 5.75 Å². The largest absolute Gasteiger partial charge is 0.491 e. The Kier molecular flexibility index (Phi) is 4.23. The second-order valence-electron chi connectivity index (χ2n) is 7.82. The average molecular weight is 324 g/mol. The fourth-order valence-corrected chi connectivity index (χ4v) is 4.37. The SMILES string of the molecule is CC(C)Oc1ccc2ccccc2c1CN1CCC2(CCNC2)C1. The predicted octanol–water partition coefficient (Wildman–Crippen LogP) is 3.81. The van der Waals surface area contributed by atoms with Gasteiger partial charge in [0.15, 0.2) is 0 Å². The van der Waals surface area contributed by atoms with Crippen LogP contribution in [-0.2, 0) is 6.54 Å². The summed E-state index contributed by atoms with van der Waals surface area (Å²) < 4.78 is 6.14. The molecule has 2 heterocycles.